The molecule has 5 nitrogen and oxygen atoms in total. The number of benzene rings is 1. The Morgan fingerprint density at radius 3 is 2.91 bits per heavy atom. The summed E-state index contributed by atoms with van der Waals surface area (Å²) >= 11 is 6.24. The lowest BCUT2D eigenvalue weighted by atomic mass is 9.74. The van der Waals surface area contributed by atoms with Crippen LogP contribution in [0.5, 0.6) is 0 Å². The number of aliphatic hydroxyl groups is 1. The van der Waals surface area contributed by atoms with Gasteiger partial charge in [0.15, 0.2) is 5.78 Å². The molecule has 2 atom stereocenters. The minimum Gasteiger partial charge on any atom is -0.450 e. The summed E-state index contributed by atoms with van der Waals surface area (Å²) in [4.78, 5) is 24.8. The number of hydrogen-bond acceptors (Lipinski definition) is 4. The standard InChI is InChI=1S/C17H22ClNO4/c1-2-3-11-23-16(22)19-17(10-6-9-14(20)15(17)21)12-7-4-5-8-13(12)18/h4-5,7-8,14,20H,2-3,6,9-11H2,1H3,(H,19,22)/t14-,17-/m0/s1. The first kappa shape index (κ1) is 17.8. The third kappa shape index (κ3) is 3.85. The predicted octanol–water partition coefficient (Wildman–Crippen LogP) is 3.18. The number of hydrogen-bond donors (Lipinski definition) is 2. The van der Waals surface area contributed by atoms with Crippen LogP contribution >= 0.6 is 11.6 Å². The summed E-state index contributed by atoms with van der Waals surface area (Å²) in [5, 5.41) is 13.1. The van der Waals surface area contributed by atoms with E-state index >= 15 is 0 Å². The molecule has 0 spiro atoms. The summed E-state index contributed by atoms with van der Waals surface area (Å²) in [5.41, 5.74) is -0.836. The summed E-state index contributed by atoms with van der Waals surface area (Å²) in [5.74, 6) is -0.440. The highest BCUT2D eigenvalue weighted by atomic mass is 35.5. The third-order valence-corrected chi connectivity index (χ3v) is 4.46. The van der Waals surface area contributed by atoms with E-state index in [9.17, 15) is 14.7 Å². The van der Waals surface area contributed by atoms with Crippen molar-refractivity contribution in [2.75, 3.05) is 6.61 Å². The molecule has 0 saturated heterocycles. The van der Waals surface area contributed by atoms with Gasteiger partial charge in [-0.05, 0) is 31.7 Å². The van der Waals surface area contributed by atoms with Crippen molar-refractivity contribution in [2.45, 2.75) is 50.7 Å². The molecule has 0 unspecified atom stereocenters. The number of unbranched alkanes of at least 4 members (excludes halogenated alkanes) is 1. The van der Waals surface area contributed by atoms with Gasteiger partial charge in [-0.25, -0.2) is 4.79 Å². The maximum atomic E-state index is 12.7. The van der Waals surface area contributed by atoms with Gasteiger partial charge >= 0.3 is 6.09 Å². The van der Waals surface area contributed by atoms with E-state index in [4.69, 9.17) is 16.3 Å². The largest absolute Gasteiger partial charge is 0.450 e. The Hall–Kier alpha value is -1.59. The molecule has 0 bridgehead atoms. The maximum Gasteiger partial charge on any atom is 0.408 e. The summed E-state index contributed by atoms with van der Waals surface area (Å²) in [7, 11) is 0. The predicted molar refractivity (Wildman–Crippen MR) is 87.4 cm³/mol. The van der Waals surface area contributed by atoms with Gasteiger partial charge in [0.25, 0.3) is 0 Å². The van der Waals surface area contributed by atoms with Gasteiger partial charge in [-0.1, -0.05) is 43.1 Å². The molecule has 1 fully saturated rings. The highest BCUT2D eigenvalue weighted by Gasteiger charge is 2.48. The second-order valence-electron chi connectivity index (χ2n) is 5.77. The van der Waals surface area contributed by atoms with Crippen LogP contribution in [0, 0.1) is 0 Å². The van der Waals surface area contributed by atoms with Gasteiger partial charge in [-0.2, -0.15) is 0 Å². The van der Waals surface area contributed by atoms with E-state index in [1.807, 2.05) is 6.92 Å². The Morgan fingerprint density at radius 2 is 2.22 bits per heavy atom. The molecule has 1 aliphatic rings. The second-order valence-corrected chi connectivity index (χ2v) is 6.18. The fourth-order valence-corrected chi connectivity index (χ4v) is 3.18. The van der Waals surface area contributed by atoms with Crippen LogP contribution in [0.1, 0.15) is 44.6 Å². The number of ketones is 1. The number of aliphatic hydroxyl groups excluding tert-OH is 1. The van der Waals surface area contributed by atoms with E-state index in [1.165, 1.54) is 0 Å². The highest BCUT2D eigenvalue weighted by Crippen LogP contribution is 2.38. The van der Waals surface area contributed by atoms with Crippen LogP contribution in [0.2, 0.25) is 5.02 Å². The lowest BCUT2D eigenvalue weighted by Crippen LogP contribution is -2.57. The molecule has 2 rings (SSSR count). The summed E-state index contributed by atoms with van der Waals surface area (Å²) in [6.45, 7) is 2.28. The molecular formula is C17H22ClNO4. The Bertz CT molecular complexity index is 577. The molecule has 0 aromatic heterocycles. The Balaban J connectivity index is 2.31. The van der Waals surface area contributed by atoms with Gasteiger partial charge in [-0.15, -0.1) is 0 Å². The molecule has 1 aliphatic carbocycles. The smallest absolute Gasteiger partial charge is 0.408 e. The van der Waals surface area contributed by atoms with Crippen LogP contribution in [0.3, 0.4) is 0 Å². The maximum absolute atomic E-state index is 12.7. The first-order valence-corrected chi connectivity index (χ1v) is 8.31. The number of amides is 1. The normalized spacial score (nSPS) is 24.3. The van der Waals surface area contributed by atoms with Gasteiger partial charge in [0.05, 0.1) is 6.61 Å². The number of alkyl carbamates (subject to hydrolysis) is 1. The highest BCUT2D eigenvalue weighted by molar-refractivity contribution is 6.31. The van der Waals surface area contributed by atoms with E-state index < -0.39 is 23.5 Å². The van der Waals surface area contributed by atoms with Crippen LogP contribution in [0.15, 0.2) is 24.3 Å². The topological polar surface area (TPSA) is 75.6 Å². The van der Waals surface area contributed by atoms with Crippen LogP contribution in [-0.4, -0.2) is 29.7 Å². The Kier molecular flexibility index (Phi) is 6.02. The molecule has 0 radical (unpaired) electrons. The number of carbonyl (C=O) groups is 2. The van der Waals surface area contributed by atoms with Crippen LogP contribution < -0.4 is 5.32 Å². The minimum absolute atomic E-state index is 0.289. The molecule has 0 aliphatic heterocycles. The Morgan fingerprint density at radius 1 is 1.48 bits per heavy atom. The van der Waals surface area contributed by atoms with E-state index in [2.05, 4.69) is 5.32 Å². The lowest BCUT2D eigenvalue weighted by molar-refractivity contribution is -0.137. The molecule has 1 aromatic carbocycles. The van der Waals surface area contributed by atoms with Crippen molar-refractivity contribution in [1.82, 2.24) is 5.32 Å². The molecule has 23 heavy (non-hydrogen) atoms. The fourth-order valence-electron chi connectivity index (χ4n) is 2.88. The number of nitrogens with one attached hydrogen (secondary N) is 1. The van der Waals surface area contributed by atoms with Gasteiger partial charge in [0.1, 0.15) is 11.6 Å². The van der Waals surface area contributed by atoms with Crippen molar-refractivity contribution in [3.05, 3.63) is 34.9 Å². The van der Waals surface area contributed by atoms with Gasteiger partial charge < -0.3 is 15.2 Å². The third-order valence-electron chi connectivity index (χ3n) is 4.13. The second kappa shape index (κ2) is 7.79. The molecule has 126 valence electrons. The molecule has 1 amide bonds. The zero-order valence-electron chi connectivity index (χ0n) is 13.2. The first-order valence-electron chi connectivity index (χ1n) is 7.93. The van der Waals surface area contributed by atoms with Crippen molar-refractivity contribution in [3.63, 3.8) is 0 Å². The molecule has 2 N–H and O–H groups in total. The number of rotatable bonds is 5. The summed E-state index contributed by atoms with van der Waals surface area (Å²) in [6, 6.07) is 6.87. The van der Waals surface area contributed by atoms with Crippen molar-refractivity contribution >= 4 is 23.5 Å². The average molecular weight is 340 g/mol. The fraction of sp³-hybridized carbons (Fsp3) is 0.529. The van der Waals surface area contributed by atoms with E-state index in [-0.39, 0.29) is 6.61 Å². The van der Waals surface area contributed by atoms with Gasteiger partial charge in [0, 0.05) is 10.6 Å². The zero-order valence-corrected chi connectivity index (χ0v) is 13.9. The van der Waals surface area contributed by atoms with Crippen molar-refractivity contribution in [3.8, 4) is 0 Å². The van der Waals surface area contributed by atoms with Crippen LogP contribution in [0.25, 0.3) is 0 Å². The monoisotopic (exact) mass is 339 g/mol. The number of halogens is 1. The van der Waals surface area contributed by atoms with E-state index in [1.54, 1.807) is 24.3 Å². The number of ether oxygens (including phenoxy) is 1. The zero-order chi connectivity index (χ0) is 16.9. The summed E-state index contributed by atoms with van der Waals surface area (Å²) < 4.78 is 5.13. The van der Waals surface area contributed by atoms with E-state index in [0.717, 1.165) is 12.8 Å². The lowest BCUT2D eigenvalue weighted by Gasteiger charge is -2.38. The quantitative estimate of drug-likeness (QED) is 0.808. The Labute approximate surface area is 141 Å². The van der Waals surface area contributed by atoms with Crippen molar-refractivity contribution in [1.29, 1.82) is 0 Å². The van der Waals surface area contributed by atoms with Crippen LogP contribution in [-0.2, 0) is 15.1 Å². The molecule has 0 heterocycles. The molecule has 1 saturated carbocycles. The van der Waals surface area contributed by atoms with Crippen LogP contribution in [0.4, 0.5) is 4.79 Å². The molecule has 6 heteroatoms. The number of Topliss-reactive ketones (excluding diaryl/α,β-unsaturated/α-hetero) is 1. The number of carbonyl (C=O) groups excluding carboxylic acids is 2. The minimum atomic E-state index is -1.33. The first-order chi connectivity index (χ1) is 11.0. The molecular weight excluding hydrogens is 318 g/mol. The average Bonchev–Trinajstić information content (AvgIpc) is 2.53. The van der Waals surface area contributed by atoms with Gasteiger partial charge in [0.2, 0.25) is 0 Å². The molecule has 1 aromatic rings. The van der Waals surface area contributed by atoms with Crippen molar-refractivity contribution < 1.29 is 19.4 Å². The summed E-state index contributed by atoms with van der Waals surface area (Å²) in [6.07, 6.45) is 1.25. The van der Waals surface area contributed by atoms with Crippen molar-refractivity contribution in [2.24, 2.45) is 0 Å². The van der Waals surface area contributed by atoms with Gasteiger partial charge in [-0.3, -0.25) is 4.79 Å². The van der Waals surface area contributed by atoms with E-state index in [0.29, 0.717) is 29.8 Å². The SMILES string of the molecule is CCCCOC(=O)N[C@]1(c2ccccc2Cl)CCC[C@H](O)C1=O.